The topological polar surface area (TPSA) is 36.6 Å². The number of hydrogen-bond donors (Lipinski definition) is 1. The molecule has 19 heavy (non-hydrogen) atoms. The van der Waals surface area contributed by atoms with Crippen LogP contribution >= 0.6 is 0 Å². The van der Waals surface area contributed by atoms with E-state index in [0.717, 1.165) is 23.1 Å². The first kappa shape index (κ1) is 14.1. The van der Waals surface area contributed by atoms with Crippen molar-refractivity contribution in [3.05, 3.63) is 36.1 Å². The first-order valence-corrected chi connectivity index (χ1v) is 6.82. The van der Waals surface area contributed by atoms with Gasteiger partial charge in [0.05, 0.1) is 11.9 Å². The Kier molecular flexibility index (Phi) is 3.97. The summed E-state index contributed by atoms with van der Waals surface area (Å²) in [6.07, 6.45) is 2.37. The van der Waals surface area contributed by atoms with Crippen LogP contribution in [0.1, 0.15) is 25.8 Å². The molecule has 1 N–H and O–H groups in total. The van der Waals surface area contributed by atoms with Gasteiger partial charge >= 0.3 is 0 Å². The summed E-state index contributed by atoms with van der Waals surface area (Å²) in [6.45, 7) is 4.97. The van der Waals surface area contributed by atoms with Gasteiger partial charge in [-0.15, -0.1) is 0 Å². The predicted molar refractivity (Wildman–Crippen MR) is 78.1 cm³/mol. The number of fused-ring (bicyclic) bond motifs is 1. The van der Waals surface area contributed by atoms with Crippen molar-refractivity contribution in [2.75, 3.05) is 20.6 Å². The van der Waals surface area contributed by atoms with Crippen molar-refractivity contribution in [2.24, 2.45) is 5.92 Å². The monoisotopic (exact) mass is 261 g/mol. The Morgan fingerprint density at radius 1 is 1.32 bits per heavy atom. The van der Waals surface area contributed by atoms with Crippen LogP contribution in [-0.2, 0) is 5.60 Å². The van der Waals surface area contributed by atoms with E-state index in [-0.39, 0.29) is 5.92 Å². The molecule has 1 aromatic carbocycles. The molecule has 2 aromatic rings. The Balaban J connectivity index is 2.38. The molecular weight excluding hydrogens is 238 g/mol. The Morgan fingerprint density at radius 2 is 2.05 bits per heavy atom. The zero-order chi connectivity index (χ0) is 14.0. The first-order valence-electron chi connectivity index (χ1n) is 6.82. The zero-order valence-electron chi connectivity index (χ0n) is 12.2. The number of furan rings is 1. The van der Waals surface area contributed by atoms with E-state index < -0.39 is 5.60 Å². The molecule has 2 rings (SSSR count). The molecule has 2 atom stereocenters. The summed E-state index contributed by atoms with van der Waals surface area (Å²) in [7, 11) is 4.06. The van der Waals surface area contributed by atoms with Crippen LogP contribution in [0.3, 0.4) is 0 Å². The first-order chi connectivity index (χ1) is 8.97. The average Bonchev–Trinajstić information content (AvgIpc) is 2.83. The van der Waals surface area contributed by atoms with E-state index in [9.17, 15) is 5.11 Å². The van der Waals surface area contributed by atoms with Gasteiger partial charge in [-0.3, -0.25) is 0 Å². The highest BCUT2D eigenvalue weighted by Gasteiger charge is 2.34. The molecule has 0 aliphatic heterocycles. The van der Waals surface area contributed by atoms with Gasteiger partial charge in [-0.2, -0.15) is 0 Å². The summed E-state index contributed by atoms with van der Waals surface area (Å²) in [4.78, 5) is 2.11. The van der Waals surface area contributed by atoms with Crippen LogP contribution in [0.4, 0.5) is 0 Å². The van der Waals surface area contributed by atoms with Crippen molar-refractivity contribution in [1.29, 1.82) is 0 Å². The molecule has 3 heteroatoms. The smallest absolute Gasteiger partial charge is 0.134 e. The molecule has 0 amide bonds. The van der Waals surface area contributed by atoms with Crippen LogP contribution in [0.15, 0.2) is 34.9 Å². The second-order valence-electron chi connectivity index (χ2n) is 5.61. The molecule has 0 radical (unpaired) electrons. The van der Waals surface area contributed by atoms with Crippen molar-refractivity contribution in [2.45, 2.75) is 25.9 Å². The highest BCUT2D eigenvalue weighted by Crippen LogP contribution is 2.35. The maximum atomic E-state index is 11.0. The standard InChI is InChI=1S/C16H23NO2/c1-5-16(18,12(2)11-17(3)4)14-7-6-13-8-9-19-15(13)10-14/h6-10,12,18H,5,11H2,1-4H3. The van der Waals surface area contributed by atoms with Gasteiger partial charge in [-0.25, -0.2) is 0 Å². The van der Waals surface area contributed by atoms with Gasteiger partial charge < -0.3 is 14.4 Å². The van der Waals surface area contributed by atoms with E-state index in [2.05, 4.69) is 11.8 Å². The summed E-state index contributed by atoms with van der Waals surface area (Å²) >= 11 is 0. The van der Waals surface area contributed by atoms with E-state index in [1.807, 2.05) is 45.3 Å². The van der Waals surface area contributed by atoms with Crippen LogP contribution in [0, 0.1) is 5.92 Å². The summed E-state index contributed by atoms with van der Waals surface area (Å²) in [5.74, 6) is 0.153. The van der Waals surface area contributed by atoms with Crippen LogP contribution in [0.25, 0.3) is 11.0 Å². The molecule has 0 spiro atoms. The summed E-state index contributed by atoms with van der Waals surface area (Å²) in [5, 5.41) is 12.1. The highest BCUT2D eigenvalue weighted by atomic mass is 16.3. The fraction of sp³-hybridized carbons (Fsp3) is 0.500. The van der Waals surface area contributed by atoms with Gasteiger partial charge in [0, 0.05) is 17.8 Å². The number of nitrogens with zero attached hydrogens (tertiary/aromatic N) is 1. The van der Waals surface area contributed by atoms with Crippen LogP contribution in [0.5, 0.6) is 0 Å². The van der Waals surface area contributed by atoms with Gasteiger partial charge in [0.15, 0.2) is 0 Å². The molecule has 0 saturated heterocycles. The third kappa shape index (κ3) is 2.67. The predicted octanol–water partition coefficient (Wildman–Crippen LogP) is 3.23. The lowest BCUT2D eigenvalue weighted by Gasteiger charge is -2.35. The molecule has 0 aliphatic rings. The Morgan fingerprint density at radius 3 is 2.68 bits per heavy atom. The van der Waals surface area contributed by atoms with Crippen molar-refractivity contribution >= 4 is 11.0 Å². The molecule has 2 unspecified atom stereocenters. The van der Waals surface area contributed by atoms with Crippen molar-refractivity contribution in [1.82, 2.24) is 4.90 Å². The minimum Gasteiger partial charge on any atom is -0.464 e. The Bertz CT molecular complexity index is 546. The quantitative estimate of drug-likeness (QED) is 0.897. The average molecular weight is 261 g/mol. The second-order valence-corrected chi connectivity index (χ2v) is 5.61. The minimum atomic E-state index is -0.814. The third-order valence-electron chi connectivity index (χ3n) is 3.95. The number of rotatable bonds is 5. The van der Waals surface area contributed by atoms with E-state index in [0.29, 0.717) is 6.42 Å². The molecule has 0 fully saturated rings. The second kappa shape index (κ2) is 5.35. The molecule has 3 nitrogen and oxygen atoms in total. The summed E-state index contributed by atoms with van der Waals surface area (Å²) < 4.78 is 5.44. The van der Waals surface area contributed by atoms with Gasteiger partial charge in [0.25, 0.3) is 0 Å². The van der Waals surface area contributed by atoms with Gasteiger partial charge in [-0.1, -0.05) is 26.0 Å². The third-order valence-corrected chi connectivity index (χ3v) is 3.95. The van der Waals surface area contributed by atoms with Crippen molar-refractivity contribution < 1.29 is 9.52 Å². The molecule has 104 valence electrons. The van der Waals surface area contributed by atoms with E-state index in [4.69, 9.17) is 4.42 Å². The largest absolute Gasteiger partial charge is 0.464 e. The maximum absolute atomic E-state index is 11.0. The van der Waals surface area contributed by atoms with Crippen LogP contribution < -0.4 is 0 Å². The number of benzene rings is 1. The number of hydrogen-bond acceptors (Lipinski definition) is 3. The Labute approximate surface area is 114 Å². The molecular formula is C16H23NO2. The molecule has 0 saturated carbocycles. The molecule has 0 bridgehead atoms. The SMILES string of the molecule is CCC(O)(c1ccc2ccoc2c1)C(C)CN(C)C. The maximum Gasteiger partial charge on any atom is 0.134 e. The highest BCUT2D eigenvalue weighted by molar-refractivity contribution is 5.77. The van der Waals surface area contributed by atoms with E-state index >= 15 is 0 Å². The summed E-state index contributed by atoms with van der Waals surface area (Å²) in [6, 6.07) is 7.92. The fourth-order valence-electron chi connectivity index (χ4n) is 2.76. The fourth-order valence-corrected chi connectivity index (χ4v) is 2.76. The lowest BCUT2D eigenvalue weighted by atomic mass is 9.80. The van der Waals surface area contributed by atoms with Gasteiger partial charge in [-0.05, 0) is 38.2 Å². The van der Waals surface area contributed by atoms with Crippen molar-refractivity contribution in [3.63, 3.8) is 0 Å². The van der Waals surface area contributed by atoms with E-state index in [1.54, 1.807) is 6.26 Å². The molecule has 0 aliphatic carbocycles. The van der Waals surface area contributed by atoms with E-state index in [1.165, 1.54) is 0 Å². The van der Waals surface area contributed by atoms with Crippen molar-refractivity contribution in [3.8, 4) is 0 Å². The normalized spacial score (nSPS) is 16.7. The zero-order valence-corrected chi connectivity index (χ0v) is 12.2. The lowest BCUT2D eigenvalue weighted by molar-refractivity contribution is -0.0291. The molecule has 1 aromatic heterocycles. The summed E-state index contributed by atoms with van der Waals surface area (Å²) in [5.41, 5.74) is 0.957. The van der Waals surface area contributed by atoms with Crippen LogP contribution in [0.2, 0.25) is 0 Å². The van der Waals surface area contributed by atoms with Gasteiger partial charge in [0.1, 0.15) is 5.58 Å². The Hall–Kier alpha value is -1.32. The minimum absolute atomic E-state index is 0.153. The lowest BCUT2D eigenvalue weighted by Crippen LogP contribution is -2.38. The molecule has 1 heterocycles. The number of aliphatic hydroxyl groups is 1. The van der Waals surface area contributed by atoms with Crippen LogP contribution in [-0.4, -0.2) is 30.6 Å². The van der Waals surface area contributed by atoms with Gasteiger partial charge in [0.2, 0.25) is 0 Å².